The zero-order valence-corrected chi connectivity index (χ0v) is 19.1. The van der Waals surface area contributed by atoms with Crippen molar-refractivity contribution < 1.29 is 14.3 Å². The first-order chi connectivity index (χ1) is 16.1. The standard InChI is InChI=1S/C28H24ClNO3/c1-32-27-14-11-20(17-26(27)22-6-5-7-23(29)18-22)16-21-10-12-24(30-19-21)13-15-28(31)33-25-8-3-2-4-9-25/h2-12,14,17-19H,13,15-16H2,1H3. The highest BCUT2D eigenvalue weighted by Gasteiger charge is 2.10. The minimum Gasteiger partial charge on any atom is -0.496 e. The van der Waals surface area contributed by atoms with E-state index >= 15 is 0 Å². The van der Waals surface area contributed by atoms with Crippen molar-refractivity contribution in [2.75, 3.05) is 7.11 Å². The Morgan fingerprint density at radius 2 is 1.73 bits per heavy atom. The van der Waals surface area contributed by atoms with Crippen LogP contribution in [0.1, 0.15) is 23.2 Å². The second-order valence-corrected chi connectivity index (χ2v) is 8.10. The molecule has 4 nitrogen and oxygen atoms in total. The van der Waals surface area contributed by atoms with Crippen LogP contribution in [0.4, 0.5) is 0 Å². The summed E-state index contributed by atoms with van der Waals surface area (Å²) in [5.41, 5.74) is 5.11. The molecule has 0 saturated heterocycles. The van der Waals surface area contributed by atoms with Gasteiger partial charge in [-0.2, -0.15) is 0 Å². The molecular formula is C28H24ClNO3. The average Bonchev–Trinajstić information content (AvgIpc) is 2.84. The van der Waals surface area contributed by atoms with E-state index in [1.54, 1.807) is 19.2 Å². The second-order valence-electron chi connectivity index (χ2n) is 7.67. The topological polar surface area (TPSA) is 48.4 Å². The normalized spacial score (nSPS) is 10.6. The molecule has 4 rings (SSSR count). The number of carbonyl (C=O) groups is 1. The molecule has 0 radical (unpaired) electrons. The van der Waals surface area contributed by atoms with Crippen molar-refractivity contribution in [3.8, 4) is 22.6 Å². The number of methoxy groups -OCH3 is 1. The molecule has 0 saturated carbocycles. The number of pyridine rings is 1. The van der Waals surface area contributed by atoms with Crippen LogP contribution in [-0.4, -0.2) is 18.1 Å². The van der Waals surface area contributed by atoms with Gasteiger partial charge in [0.05, 0.1) is 13.5 Å². The molecule has 0 atom stereocenters. The molecule has 0 amide bonds. The lowest BCUT2D eigenvalue weighted by Gasteiger charge is -2.12. The van der Waals surface area contributed by atoms with Gasteiger partial charge < -0.3 is 9.47 Å². The highest BCUT2D eigenvalue weighted by molar-refractivity contribution is 6.30. The maximum Gasteiger partial charge on any atom is 0.311 e. The molecule has 3 aromatic carbocycles. The van der Waals surface area contributed by atoms with Gasteiger partial charge in [-0.1, -0.05) is 54.1 Å². The van der Waals surface area contributed by atoms with Crippen LogP contribution >= 0.6 is 11.6 Å². The van der Waals surface area contributed by atoms with E-state index in [2.05, 4.69) is 17.1 Å². The van der Waals surface area contributed by atoms with E-state index in [0.717, 1.165) is 40.1 Å². The van der Waals surface area contributed by atoms with Gasteiger partial charge in [-0.25, -0.2) is 0 Å². The maximum absolute atomic E-state index is 12.0. The maximum atomic E-state index is 12.0. The first kappa shape index (κ1) is 22.6. The molecule has 0 aliphatic carbocycles. The van der Waals surface area contributed by atoms with Gasteiger partial charge in [-0.3, -0.25) is 9.78 Å². The van der Waals surface area contributed by atoms with E-state index < -0.39 is 0 Å². The Morgan fingerprint density at radius 1 is 0.909 bits per heavy atom. The van der Waals surface area contributed by atoms with Crippen LogP contribution in [0.25, 0.3) is 11.1 Å². The van der Waals surface area contributed by atoms with Crippen LogP contribution in [0.15, 0.2) is 91.1 Å². The summed E-state index contributed by atoms with van der Waals surface area (Å²) < 4.78 is 10.9. The van der Waals surface area contributed by atoms with Gasteiger partial charge in [0.2, 0.25) is 0 Å². The summed E-state index contributed by atoms with van der Waals surface area (Å²) in [6.07, 6.45) is 3.41. The van der Waals surface area contributed by atoms with Gasteiger partial charge in [-0.05, 0) is 65.6 Å². The van der Waals surface area contributed by atoms with E-state index in [1.807, 2.05) is 66.9 Å². The average molecular weight is 458 g/mol. The van der Waals surface area contributed by atoms with E-state index in [9.17, 15) is 4.79 Å². The van der Waals surface area contributed by atoms with E-state index in [4.69, 9.17) is 21.1 Å². The Kier molecular flexibility index (Phi) is 7.38. The summed E-state index contributed by atoms with van der Waals surface area (Å²) in [6, 6.07) is 27.0. The number of aromatic nitrogens is 1. The number of ether oxygens (including phenoxy) is 2. The SMILES string of the molecule is COc1ccc(Cc2ccc(CCC(=O)Oc3ccccc3)nc2)cc1-c1cccc(Cl)c1. The lowest BCUT2D eigenvalue weighted by molar-refractivity contribution is -0.134. The van der Waals surface area contributed by atoms with Gasteiger partial charge in [0.15, 0.2) is 0 Å². The predicted octanol–water partition coefficient (Wildman–Crippen LogP) is 6.54. The van der Waals surface area contributed by atoms with Crippen molar-refractivity contribution in [2.24, 2.45) is 0 Å². The van der Waals surface area contributed by atoms with Crippen molar-refractivity contribution >= 4 is 17.6 Å². The molecule has 1 aromatic heterocycles. The Balaban J connectivity index is 1.39. The van der Waals surface area contributed by atoms with Crippen molar-refractivity contribution in [3.05, 3.63) is 113 Å². The summed E-state index contributed by atoms with van der Waals surface area (Å²) in [6.45, 7) is 0. The molecule has 166 valence electrons. The Bertz CT molecular complexity index is 1220. The minimum absolute atomic E-state index is 0.265. The van der Waals surface area contributed by atoms with E-state index in [-0.39, 0.29) is 12.4 Å². The quantitative estimate of drug-likeness (QED) is 0.222. The van der Waals surface area contributed by atoms with Crippen LogP contribution in [0.3, 0.4) is 0 Å². The fraction of sp³-hybridized carbons (Fsp3) is 0.143. The summed E-state index contributed by atoms with van der Waals surface area (Å²) in [7, 11) is 1.67. The number of halogens is 1. The van der Waals surface area contributed by atoms with Crippen LogP contribution in [-0.2, 0) is 17.6 Å². The molecule has 4 aromatic rings. The molecule has 0 aliphatic heterocycles. The number of esters is 1. The molecule has 33 heavy (non-hydrogen) atoms. The van der Waals surface area contributed by atoms with Crippen LogP contribution < -0.4 is 9.47 Å². The first-order valence-electron chi connectivity index (χ1n) is 10.7. The van der Waals surface area contributed by atoms with Gasteiger partial charge in [0.25, 0.3) is 0 Å². The van der Waals surface area contributed by atoms with Crippen LogP contribution in [0.2, 0.25) is 5.02 Å². The molecule has 5 heteroatoms. The highest BCUT2D eigenvalue weighted by atomic mass is 35.5. The van der Waals surface area contributed by atoms with Gasteiger partial charge in [0.1, 0.15) is 11.5 Å². The molecule has 0 bridgehead atoms. The third-order valence-corrected chi connectivity index (χ3v) is 5.49. The van der Waals surface area contributed by atoms with Crippen molar-refractivity contribution in [3.63, 3.8) is 0 Å². The van der Waals surface area contributed by atoms with E-state index in [1.165, 1.54) is 0 Å². The zero-order chi connectivity index (χ0) is 23.0. The van der Waals surface area contributed by atoms with Gasteiger partial charge >= 0.3 is 5.97 Å². The van der Waals surface area contributed by atoms with Gasteiger partial charge in [0, 0.05) is 28.9 Å². The Labute approximate surface area is 198 Å². The summed E-state index contributed by atoms with van der Waals surface area (Å²) >= 11 is 6.18. The number of carbonyl (C=O) groups excluding carboxylic acids is 1. The number of benzene rings is 3. The molecule has 0 fully saturated rings. The fourth-order valence-corrected chi connectivity index (χ4v) is 3.78. The number of hydrogen-bond acceptors (Lipinski definition) is 4. The molecule has 1 heterocycles. The van der Waals surface area contributed by atoms with Crippen LogP contribution in [0.5, 0.6) is 11.5 Å². The summed E-state index contributed by atoms with van der Waals surface area (Å²) in [5.74, 6) is 1.10. The minimum atomic E-state index is -0.265. The predicted molar refractivity (Wildman–Crippen MR) is 131 cm³/mol. The number of hydrogen-bond donors (Lipinski definition) is 0. The largest absolute Gasteiger partial charge is 0.496 e. The molecule has 0 unspecified atom stereocenters. The third kappa shape index (κ3) is 6.21. The number of nitrogens with zero attached hydrogens (tertiary/aromatic N) is 1. The molecule has 0 aliphatic rings. The van der Waals surface area contributed by atoms with Crippen molar-refractivity contribution in [1.82, 2.24) is 4.98 Å². The fourth-order valence-electron chi connectivity index (χ4n) is 3.59. The van der Waals surface area contributed by atoms with E-state index in [0.29, 0.717) is 17.2 Å². The highest BCUT2D eigenvalue weighted by Crippen LogP contribution is 2.32. The first-order valence-corrected chi connectivity index (χ1v) is 11.1. The molecule has 0 N–H and O–H groups in total. The van der Waals surface area contributed by atoms with Crippen LogP contribution in [0, 0.1) is 0 Å². The summed E-state index contributed by atoms with van der Waals surface area (Å²) in [4.78, 5) is 16.6. The zero-order valence-electron chi connectivity index (χ0n) is 18.3. The third-order valence-electron chi connectivity index (χ3n) is 5.25. The number of para-hydroxylation sites is 1. The summed E-state index contributed by atoms with van der Waals surface area (Å²) in [5, 5.41) is 0.687. The molecule has 0 spiro atoms. The van der Waals surface area contributed by atoms with Crippen molar-refractivity contribution in [2.45, 2.75) is 19.3 Å². The Morgan fingerprint density at radius 3 is 2.45 bits per heavy atom. The van der Waals surface area contributed by atoms with Gasteiger partial charge in [-0.15, -0.1) is 0 Å². The smallest absolute Gasteiger partial charge is 0.311 e. The number of aryl methyl sites for hydroxylation is 1. The molecular weight excluding hydrogens is 434 g/mol. The monoisotopic (exact) mass is 457 g/mol. The Hall–Kier alpha value is -3.63. The lowest BCUT2D eigenvalue weighted by atomic mass is 9.98. The lowest BCUT2D eigenvalue weighted by Crippen LogP contribution is -2.09. The number of rotatable bonds is 8. The van der Waals surface area contributed by atoms with Crippen molar-refractivity contribution in [1.29, 1.82) is 0 Å². The second kappa shape index (κ2) is 10.8.